The number of aryl methyl sites for hydroxylation is 1. The molecule has 5 heteroatoms. The second-order valence-corrected chi connectivity index (χ2v) is 3.59. The lowest BCUT2D eigenvalue weighted by molar-refractivity contribution is 0.0984. The average molecular weight is 230 g/mol. The summed E-state index contributed by atoms with van der Waals surface area (Å²) in [6.45, 7) is 1.85. The van der Waals surface area contributed by atoms with Gasteiger partial charge in [0, 0.05) is 12.0 Å². The smallest absolute Gasteiger partial charge is 0.177 e. The van der Waals surface area contributed by atoms with Crippen LogP contribution in [-0.2, 0) is 0 Å². The number of carbonyl (C=O) groups is 1. The van der Waals surface area contributed by atoms with Gasteiger partial charge in [0.15, 0.2) is 17.3 Å². The molecule has 82 valence electrons. The first kappa shape index (κ1) is 11.8. The number of carbonyl (C=O) groups excluding carboxylic acids is 1. The minimum absolute atomic E-state index is 0.119. The molecule has 0 aliphatic carbocycles. The Labute approximate surface area is 92.3 Å². The Bertz CT molecular complexity index is 404. The summed E-state index contributed by atoms with van der Waals surface area (Å²) in [7, 11) is 0. The SMILES string of the molecule is Cc1cc(O)c(O)c(Cl)c1C(=O)CCN. The Hall–Kier alpha value is -1.26. The summed E-state index contributed by atoms with van der Waals surface area (Å²) in [5.74, 6) is -1.04. The predicted molar refractivity (Wildman–Crippen MR) is 57.5 cm³/mol. The number of phenolic OH excluding ortho intramolecular Hbond substituents is 2. The van der Waals surface area contributed by atoms with Crippen LogP contribution in [-0.4, -0.2) is 22.5 Å². The van der Waals surface area contributed by atoms with Gasteiger partial charge in [-0.1, -0.05) is 11.6 Å². The van der Waals surface area contributed by atoms with E-state index in [1.54, 1.807) is 6.92 Å². The highest BCUT2D eigenvalue weighted by atomic mass is 35.5. The number of hydrogen-bond donors (Lipinski definition) is 3. The zero-order chi connectivity index (χ0) is 11.6. The summed E-state index contributed by atoms with van der Waals surface area (Å²) < 4.78 is 0. The second-order valence-electron chi connectivity index (χ2n) is 3.21. The molecule has 0 fully saturated rings. The number of aromatic hydroxyl groups is 2. The van der Waals surface area contributed by atoms with Crippen LogP contribution in [0.2, 0.25) is 5.02 Å². The molecule has 0 aliphatic rings. The normalized spacial score (nSPS) is 10.3. The lowest BCUT2D eigenvalue weighted by Gasteiger charge is -2.09. The summed E-state index contributed by atoms with van der Waals surface area (Å²) in [4.78, 5) is 11.6. The average Bonchev–Trinajstić information content (AvgIpc) is 2.15. The van der Waals surface area contributed by atoms with Gasteiger partial charge in [0.2, 0.25) is 0 Å². The highest BCUT2D eigenvalue weighted by Crippen LogP contribution is 2.38. The number of phenols is 2. The standard InChI is InChI=1S/C10H12ClNO3/c1-5-4-7(14)10(15)9(11)8(5)6(13)2-3-12/h4,14-15H,2-3,12H2,1H3. The van der Waals surface area contributed by atoms with Crippen molar-refractivity contribution in [1.82, 2.24) is 0 Å². The topological polar surface area (TPSA) is 83.5 Å². The minimum Gasteiger partial charge on any atom is -0.504 e. The van der Waals surface area contributed by atoms with Crippen LogP contribution in [0.5, 0.6) is 11.5 Å². The monoisotopic (exact) mass is 229 g/mol. The molecular weight excluding hydrogens is 218 g/mol. The molecule has 0 saturated carbocycles. The summed E-state index contributed by atoms with van der Waals surface area (Å²) in [6.07, 6.45) is 0.158. The number of hydrogen-bond acceptors (Lipinski definition) is 4. The molecule has 1 aromatic carbocycles. The third-order valence-electron chi connectivity index (χ3n) is 2.07. The maximum atomic E-state index is 11.6. The molecule has 0 saturated heterocycles. The van der Waals surface area contributed by atoms with Crippen LogP contribution in [0.4, 0.5) is 0 Å². The quantitative estimate of drug-likeness (QED) is 0.543. The highest BCUT2D eigenvalue weighted by Gasteiger charge is 2.18. The molecule has 0 spiro atoms. The van der Waals surface area contributed by atoms with Gasteiger partial charge in [0.25, 0.3) is 0 Å². The molecule has 0 atom stereocenters. The van der Waals surface area contributed by atoms with Gasteiger partial charge in [-0.25, -0.2) is 0 Å². The van der Waals surface area contributed by atoms with E-state index in [0.29, 0.717) is 5.56 Å². The van der Waals surface area contributed by atoms with Gasteiger partial charge < -0.3 is 15.9 Å². The van der Waals surface area contributed by atoms with E-state index in [1.807, 2.05) is 0 Å². The molecule has 0 radical (unpaired) electrons. The third-order valence-corrected chi connectivity index (χ3v) is 2.44. The number of Topliss-reactive ketones (excluding diaryl/α,β-unsaturated/α-hetero) is 1. The maximum Gasteiger partial charge on any atom is 0.177 e. The van der Waals surface area contributed by atoms with Crippen LogP contribution in [0, 0.1) is 6.92 Å². The van der Waals surface area contributed by atoms with E-state index in [2.05, 4.69) is 0 Å². The number of benzene rings is 1. The van der Waals surface area contributed by atoms with Gasteiger partial charge in [-0.15, -0.1) is 0 Å². The van der Waals surface area contributed by atoms with E-state index in [-0.39, 0.29) is 35.1 Å². The summed E-state index contributed by atoms with van der Waals surface area (Å²) in [5, 5.41) is 18.5. The molecule has 4 N–H and O–H groups in total. The Kier molecular flexibility index (Phi) is 3.55. The van der Waals surface area contributed by atoms with E-state index in [9.17, 15) is 15.0 Å². The third kappa shape index (κ3) is 2.22. The first-order valence-electron chi connectivity index (χ1n) is 4.43. The minimum atomic E-state index is -0.470. The van der Waals surface area contributed by atoms with Crippen LogP contribution >= 0.6 is 11.6 Å². The molecule has 0 bridgehead atoms. The van der Waals surface area contributed by atoms with Gasteiger partial charge in [-0.05, 0) is 25.1 Å². The fourth-order valence-electron chi connectivity index (χ4n) is 1.35. The van der Waals surface area contributed by atoms with Crippen molar-refractivity contribution in [3.63, 3.8) is 0 Å². The molecule has 0 unspecified atom stereocenters. The fourth-order valence-corrected chi connectivity index (χ4v) is 1.70. The lowest BCUT2D eigenvalue weighted by atomic mass is 10.0. The van der Waals surface area contributed by atoms with Crippen molar-refractivity contribution in [2.24, 2.45) is 5.73 Å². The Morgan fingerprint density at radius 3 is 2.67 bits per heavy atom. The van der Waals surface area contributed by atoms with Crippen molar-refractivity contribution in [2.45, 2.75) is 13.3 Å². The summed E-state index contributed by atoms with van der Waals surface area (Å²) in [5.41, 5.74) is 6.00. The molecule has 0 aliphatic heterocycles. The Morgan fingerprint density at radius 2 is 2.13 bits per heavy atom. The van der Waals surface area contributed by atoms with E-state index < -0.39 is 5.75 Å². The predicted octanol–water partition coefficient (Wildman–Crippen LogP) is 1.59. The summed E-state index contributed by atoms with van der Waals surface area (Å²) in [6, 6.07) is 1.30. The van der Waals surface area contributed by atoms with E-state index >= 15 is 0 Å². The van der Waals surface area contributed by atoms with Gasteiger partial charge in [-0.3, -0.25) is 4.79 Å². The van der Waals surface area contributed by atoms with Crippen molar-refractivity contribution in [1.29, 1.82) is 0 Å². The van der Waals surface area contributed by atoms with E-state index in [0.717, 1.165) is 0 Å². The first-order valence-corrected chi connectivity index (χ1v) is 4.81. The van der Waals surface area contributed by atoms with Crippen molar-refractivity contribution >= 4 is 17.4 Å². The number of rotatable bonds is 3. The number of ketones is 1. The molecule has 1 rings (SSSR count). The summed E-state index contributed by atoms with van der Waals surface area (Å²) >= 11 is 5.76. The fraction of sp³-hybridized carbons (Fsp3) is 0.300. The van der Waals surface area contributed by atoms with Gasteiger partial charge >= 0.3 is 0 Å². The molecule has 1 aromatic rings. The first-order chi connectivity index (χ1) is 6.99. The van der Waals surface area contributed by atoms with Gasteiger partial charge in [0.1, 0.15) is 0 Å². The molecular formula is C10H12ClNO3. The van der Waals surface area contributed by atoms with Crippen LogP contribution in [0.25, 0.3) is 0 Å². The molecule has 0 amide bonds. The van der Waals surface area contributed by atoms with Crippen LogP contribution in [0.15, 0.2) is 6.07 Å². The van der Waals surface area contributed by atoms with Crippen molar-refractivity contribution in [3.8, 4) is 11.5 Å². The lowest BCUT2D eigenvalue weighted by Crippen LogP contribution is -2.10. The largest absolute Gasteiger partial charge is 0.504 e. The molecule has 0 heterocycles. The van der Waals surface area contributed by atoms with E-state index in [4.69, 9.17) is 17.3 Å². The Balaban J connectivity index is 3.29. The van der Waals surface area contributed by atoms with Gasteiger partial charge in [0.05, 0.1) is 5.02 Å². The molecule has 0 aromatic heterocycles. The zero-order valence-electron chi connectivity index (χ0n) is 8.25. The number of halogens is 1. The second kappa shape index (κ2) is 4.51. The van der Waals surface area contributed by atoms with Crippen molar-refractivity contribution < 1.29 is 15.0 Å². The highest BCUT2D eigenvalue weighted by molar-refractivity contribution is 6.35. The Morgan fingerprint density at radius 1 is 1.53 bits per heavy atom. The van der Waals surface area contributed by atoms with Crippen molar-refractivity contribution in [2.75, 3.05) is 6.54 Å². The van der Waals surface area contributed by atoms with E-state index in [1.165, 1.54) is 6.07 Å². The van der Waals surface area contributed by atoms with Crippen LogP contribution < -0.4 is 5.73 Å². The number of nitrogens with two attached hydrogens (primary N) is 1. The molecule has 4 nitrogen and oxygen atoms in total. The van der Waals surface area contributed by atoms with Crippen LogP contribution in [0.3, 0.4) is 0 Å². The van der Waals surface area contributed by atoms with Gasteiger partial charge in [-0.2, -0.15) is 0 Å². The van der Waals surface area contributed by atoms with Crippen LogP contribution in [0.1, 0.15) is 22.3 Å². The maximum absolute atomic E-state index is 11.6. The zero-order valence-corrected chi connectivity index (χ0v) is 9.01. The van der Waals surface area contributed by atoms with Crippen molar-refractivity contribution in [3.05, 3.63) is 22.2 Å². The molecule has 15 heavy (non-hydrogen) atoms.